The number of methoxy groups -OCH3 is 1. The fraction of sp³-hybridized carbons (Fsp3) is 0.257. The number of sulfonamides is 1. The highest BCUT2D eigenvalue weighted by Gasteiger charge is 2.35. The molecule has 11 nitrogen and oxygen atoms in total. The van der Waals surface area contributed by atoms with Crippen molar-refractivity contribution in [2.24, 2.45) is 0 Å². The quantitative estimate of drug-likeness (QED) is 0.116. The van der Waals surface area contributed by atoms with Crippen LogP contribution in [-0.2, 0) is 32.6 Å². The molecule has 4 aromatic carbocycles. The van der Waals surface area contributed by atoms with Gasteiger partial charge in [-0.2, -0.15) is 0 Å². The minimum absolute atomic E-state index is 0.00959. The van der Waals surface area contributed by atoms with Gasteiger partial charge in [0, 0.05) is 35.6 Å². The second-order valence-electron chi connectivity index (χ2n) is 11.1. The molecule has 0 radical (unpaired) electrons. The van der Waals surface area contributed by atoms with E-state index in [1.807, 2.05) is 61.5 Å². The Morgan fingerprint density at radius 3 is 2.23 bits per heavy atom. The molecule has 2 amide bonds. The Morgan fingerprint density at radius 2 is 1.62 bits per heavy atom. The van der Waals surface area contributed by atoms with Gasteiger partial charge in [0.2, 0.25) is 11.8 Å². The van der Waals surface area contributed by atoms with Crippen LogP contribution in [0, 0.1) is 17.0 Å². The lowest BCUT2D eigenvalue weighted by atomic mass is 10.0. The SMILES string of the molecule is CCCNC(=O)[C@H](Cc1ccccc1)N(Cc1ccc(Br)cc1)C(=O)CN(c1ccc(OC)cc1)S(=O)(=O)c1ccc(C)c([N+](=O)[O-])c1. The first-order chi connectivity index (χ1) is 22.9. The van der Waals surface area contributed by atoms with E-state index in [9.17, 15) is 28.1 Å². The fourth-order valence-corrected chi connectivity index (χ4v) is 6.76. The monoisotopic (exact) mass is 736 g/mol. The smallest absolute Gasteiger partial charge is 0.273 e. The van der Waals surface area contributed by atoms with Gasteiger partial charge < -0.3 is 15.0 Å². The number of ether oxygens (including phenoxy) is 1. The predicted octanol–water partition coefficient (Wildman–Crippen LogP) is 6.04. The predicted molar refractivity (Wildman–Crippen MR) is 187 cm³/mol. The highest BCUT2D eigenvalue weighted by molar-refractivity contribution is 9.10. The second-order valence-corrected chi connectivity index (χ2v) is 13.8. The number of nitrogens with one attached hydrogen (secondary N) is 1. The maximum Gasteiger partial charge on any atom is 0.273 e. The summed E-state index contributed by atoms with van der Waals surface area (Å²) in [5, 5.41) is 14.6. The Kier molecular flexibility index (Phi) is 12.3. The Labute approximate surface area is 288 Å². The zero-order chi connectivity index (χ0) is 34.8. The van der Waals surface area contributed by atoms with Crippen molar-refractivity contribution in [2.45, 2.75) is 44.2 Å². The van der Waals surface area contributed by atoms with Crippen LogP contribution in [0.4, 0.5) is 11.4 Å². The maximum absolute atomic E-state index is 14.5. The lowest BCUT2D eigenvalue weighted by Crippen LogP contribution is -2.53. The van der Waals surface area contributed by atoms with Crippen molar-refractivity contribution in [2.75, 3.05) is 24.5 Å². The Morgan fingerprint density at radius 1 is 0.958 bits per heavy atom. The zero-order valence-corrected chi connectivity index (χ0v) is 29.2. The summed E-state index contributed by atoms with van der Waals surface area (Å²) in [5.74, 6) is -0.563. The highest BCUT2D eigenvalue weighted by atomic mass is 79.9. The molecule has 0 bridgehead atoms. The van der Waals surface area contributed by atoms with Crippen molar-refractivity contribution >= 4 is 49.1 Å². The Hall–Kier alpha value is -4.75. The van der Waals surface area contributed by atoms with Crippen LogP contribution in [-0.4, -0.2) is 56.3 Å². The summed E-state index contributed by atoms with van der Waals surface area (Å²) in [5.41, 5.74) is 1.58. The first-order valence-corrected chi connectivity index (χ1v) is 17.4. The van der Waals surface area contributed by atoms with Crippen molar-refractivity contribution < 1.29 is 27.7 Å². The standard InChI is InChI=1S/C35H37BrN4O7S/c1-4-20-37-35(42)33(21-26-8-6-5-7-9-26)38(23-27-11-13-28(36)14-12-27)34(41)24-39(29-15-17-30(47-3)18-16-29)48(45,46)31-19-10-25(2)32(22-31)40(43)44/h5-19,22,33H,4,20-21,23-24H2,1-3H3,(H,37,42)/t33-/m0/s1. The van der Waals surface area contributed by atoms with E-state index < -0.39 is 33.4 Å². The number of rotatable bonds is 15. The number of anilines is 1. The number of benzene rings is 4. The van der Waals surface area contributed by atoms with Crippen molar-refractivity contribution in [3.63, 3.8) is 0 Å². The third-order valence-electron chi connectivity index (χ3n) is 7.69. The number of halogens is 1. The van der Waals surface area contributed by atoms with Crippen LogP contribution in [0.1, 0.15) is 30.0 Å². The first kappa shape index (κ1) is 36.1. The van der Waals surface area contributed by atoms with Crippen LogP contribution in [0.5, 0.6) is 5.75 Å². The summed E-state index contributed by atoms with van der Waals surface area (Å²) in [4.78, 5) is 40.4. The Bertz CT molecular complexity index is 1840. The van der Waals surface area contributed by atoms with Crippen LogP contribution in [0.25, 0.3) is 0 Å². The highest BCUT2D eigenvalue weighted by Crippen LogP contribution is 2.30. The molecular weight excluding hydrogens is 700 g/mol. The van der Waals surface area contributed by atoms with E-state index in [0.29, 0.717) is 18.7 Å². The third-order valence-corrected chi connectivity index (χ3v) is 9.99. The molecule has 0 aliphatic carbocycles. The molecule has 0 saturated heterocycles. The van der Waals surface area contributed by atoms with E-state index in [1.165, 1.54) is 43.2 Å². The summed E-state index contributed by atoms with van der Waals surface area (Å²) < 4.78 is 35.5. The average molecular weight is 738 g/mol. The summed E-state index contributed by atoms with van der Waals surface area (Å²) in [7, 11) is -3.07. The molecule has 0 heterocycles. The zero-order valence-electron chi connectivity index (χ0n) is 26.8. The maximum atomic E-state index is 14.5. The molecular formula is C35H37BrN4O7S. The van der Waals surface area contributed by atoms with Gasteiger partial charge in [-0.15, -0.1) is 0 Å². The van der Waals surface area contributed by atoms with Gasteiger partial charge in [0.15, 0.2) is 0 Å². The summed E-state index contributed by atoms with van der Waals surface area (Å²) in [6, 6.07) is 25.2. The minimum atomic E-state index is -4.54. The largest absolute Gasteiger partial charge is 0.497 e. The molecule has 0 aliphatic heterocycles. The third kappa shape index (κ3) is 8.98. The number of nitro benzene ring substituents is 1. The lowest BCUT2D eigenvalue weighted by molar-refractivity contribution is -0.385. The summed E-state index contributed by atoms with van der Waals surface area (Å²) in [6.45, 7) is 3.14. The van der Waals surface area contributed by atoms with Gasteiger partial charge in [0.05, 0.1) is 22.6 Å². The van der Waals surface area contributed by atoms with Gasteiger partial charge in [-0.25, -0.2) is 8.42 Å². The van der Waals surface area contributed by atoms with Crippen molar-refractivity contribution in [1.82, 2.24) is 10.2 Å². The van der Waals surface area contributed by atoms with Crippen LogP contribution in [0.15, 0.2) is 106 Å². The van der Waals surface area contributed by atoms with Crippen LogP contribution < -0.4 is 14.4 Å². The van der Waals surface area contributed by atoms with E-state index >= 15 is 0 Å². The molecule has 48 heavy (non-hydrogen) atoms. The van der Waals surface area contributed by atoms with E-state index in [-0.39, 0.29) is 40.7 Å². The molecule has 1 atom stereocenters. The van der Waals surface area contributed by atoms with Gasteiger partial charge in [-0.1, -0.05) is 71.4 Å². The number of carbonyl (C=O) groups excluding carboxylic acids is 2. The molecule has 4 aromatic rings. The number of nitrogens with zero attached hydrogens (tertiary/aromatic N) is 3. The van der Waals surface area contributed by atoms with E-state index in [2.05, 4.69) is 21.2 Å². The van der Waals surface area contributed by atoms with Crippen molar-refractivity contribution in [3.05, 3.63) is 128 Å². The number of hydrogen-bond acceptors (Lipinski definition) is 7. The molecule has 0 aliphatic rings. The van der Waals surface area contributed by atoms with Crippen LogP contribution in [0.3, 0.4) is 0 Å². The van der Waals surface area contributed by atoms with Crippen molar-refractivity contribution in [1.29, 1.82) is 0 Å². The molecule has 0 fully saturated rings. The molecule has 4 rings (SSSR count). The molecule has 0 spiro atoms. The van der Waals surface area contributed by atoms with Crippen LogP contribution in [0.2, 0.25) is 0 Å². The second kappa shape index (κ2) is 16.4. The number of carbonyl (C=O) groups is 2. The van der Waals surface area contributed by atoms with E-state index in [1.54, 1.807) is 12.1 Å². The normalized spacial score (nSPS) is 11.8. The van der Waals surface area contributed by atoms with Crippen molar-refractivity contribution in [3.8, 4) is 5.75 Å². The van der Waals surface area contributed by atoms with Crippen LogP contribution >= 0.6 is 15.9 Å². The number of nitro groups is 1. The summed E-state index contributed by atoms with van der Waals surface area (Å²) >= 11 is 3.43. The fourth-order valence-electron chi connectivity index (χ4n) is 5.06. The molecule has 13 heteroatoms. The van der Waals surface area contributed by atoms with Gasteiger partial charge in [-0.3, -0.25) is 24.0 Å². The van der Waals surface area contributed by atoms with E-state index in [4.69, 9.17) is 4.74 Å². The van der Waals surface area contributed by atoms with Gasteiger partial charge in [0.1, 0.15) is 18.3 Å². The number of aryl methyl sites for hydroxylation is 1. The lowest BCUT2D eigenvalue weighted by Gasteiger charge is -2.34. The van der Waals surface area contributed by atoms with Gasteiger partial charge >= 0.3 is 0 Å². The Balaban J connectivity index is 1.83. The average Bonchev–Trinajstić information content (AvgIpc) is 3.08. The summed E-state index contributed by atoms with van der Waals surface area (Å²) in [6.07, 6.45) is 0.856. The van der Waals surface area contributed by atoms with Gasteiger partial charge in [-0.05, 0) is 66.9 Å². The number of hydrogen-bond donors (Lipinski definition) is 1. The minimum Gasteiger partial charge on any atom is -0.497 e. The molecule has 0 unspecified atom stereocenters. The molecule has 252 valence electrons. The molecule has 0 saturated carbocycles. The van der Waals surface area contributed by atoms with Gasteiger partial charge in [0.25, 0.3) is 15.7 Å². The topological polar surface area (TPSA) is 139 Å². The van der Waals surface area contributed by atoms with E-state index in [0.717, 1.165) is 26.0 Å². The molecule has 1 N–H and O–H groups in total. The number of amides is 2. The molecule has 0 aromatic heterocycles. The first-order valence-electron chi connectivity index (χ1n) is 15.2.